The minimum Gasteiger partial charge on any atom is -0.347 e. The topological polar surface area (TPSA) is 57.7 Å². The van der Waals surface area contributed by atoms with E-state index in [9.17, 15) is 0 Å². The lowest BCUT2D eigenvalue weighted by atomic mass is 10.1. The highest BCUT2D eigenvalue weighted by molar-refractivity contribution is 5.06. The van der Waals surface area contributed by atoms with Gasteiger partial charge in [-0.15, -0.1) is 0 Å². The summed E-state index contributed by atoms with van der Waals surface area (Å²) in [6.45, 7) is 2.02. The number of rotatable bonds is 3. The van der Waals surface area contributed by atoms with Gasteiger partial charge in [-0.05, 0) is 19.4 Å². The molecule has 0 amide bonds. The molecule has 1 fully saturated rings. The van der Waals surface area contributed by atoms with Crippen molar-refractivity contribution < 1.29 is 0 Å². The molecule has 5 nitrogen and oxygen atoms in total. The third kappa shape index (κ3) is 2.19. The molecule has 3 rings (SSSR count). The van der Waals surface area contributed by atoms with Crippen LogP contribution in [0.3, 0.4) is 0 Å². The average molecular weight is 229 g/mol. The number of nitrogens with zero attached hydrogens (tertiary/aromatic N) is 4. The van der Waals surface area contributed by atoms with Gasteiger partial charge in [-0.1, -0.05) is 0 Å². The number of H-pyrrole nitrogens is 1. The van der Waals surface area contributed by atoms with Crippen molar-refractivity contribution in [2.45, 2.75) is 25.4 Å². The number of imidazole rings is 1. The Morgan fingerprint density at radius 1 is 1.29 bits per heavy atom. The lowest BCUT2D eigenvalue weighted by Gasteiger charge is -2.22. The molecule has 0 radical (unpaired) electrons. The molecule has 1 atom stereocenters. The molecule has 1 N–H and O–H groups in total. The Kier molecular flexibility index (Phi) is 2.83. The van der Waals surface area contributed by atoms with E-state index in [1.807, 2.05) is 12.4 Å². The van der Waals surface area contributed by atoms with Crippen molar-refractivity contribution in [3.63, 3.8) is 0 Å². The first-order valence-electron chi connectivity index (χ1n) is 5.91. The molecule has 0 bridgehead atoms. The van der Waals surface area contributed by atoms with Crippen molar-refractivity contribution in [1.29, 1.82) is 0 Å². The Morgan fingerprint density at radius 3 is 3.06 bits per heavy atom. The second-order valence-electron chi connectivity index (χ2n) is 4.34. The van der Waals surface area contributed by atoms with Gasteiger partial charge in [0.2, 0.25) is 0 Å². The average Bonchev–Trinajstić information content (AvgIpc) is 3.02. The van der Waals surface area contributed by atoms with Gasteiger partial charge in [-0.3, -0.25) is 14.9 Å². The molecular weight excluding hydrogens is 214 g/mol. The predicted molar refractivity (Wildman–Crippen MR) is 63.0 cm³/mol. The lowest BCUT2D eigenvalue weighted by Crippen LogP contribution is -2.23. The van der Waals surface area contributed by atoms with Crippen LogP contribution in [0, 0.1) is 0 Å². The number of hydrogen-bond donors (Lipinski definition) is 1. The van der Waals surface area contributed by atoms with Crippen LogP contribution in [-0.4, -0.2) is 31.4 Å². The fraction of sp³-hybridized carbons (Fsp3) is 0.417. The van der Waals surface area contributed by atoms with Gasteiger partial charge >= 0.3 is 0 Å². The van der Waals surface area contributed by atoms with E-state index in [2.05, 4.69) is 24.8 Å². The van der Waals surface area contributed by atoms with Crippen LogP contribution >= 0.6 is 0 Å². The van der Waals surface area contributed by atoms with Crippen molar-refractivity contribution in [2.75, 3.05) is 6.54 Å². The summed E-state index contributed by atoms with van der Waals surface area (Å²) < 4.78 is 0. The zero-order chi connectivity index (χ0) is 11.5. The van der Waals surface area contributed by atoms with Crippen LogP contribution in [0.5, 0.6) is 0 Å². The van der Waals surface area contributed by atoms with Crippen molar-refractivity contribution >= 4 is 0 Å². The van der Waals surface area contributed by atoms with Crippen molar-refractivity contribution in [1.82, 2.24) is 24.8 Å². The quantitative estimate of drug-likeness (QED) is 0.867. The van der Waals surface area contributed by atoms with E-state index in [0.29, 0.717) is 6.04 Å². The molecule has 88 valence electrons. The van der Waals surface area contributed by atoms with E-state index in [1.165, 1.54) is 6.42 Å². The Labute approximate surface area is 99.9 Å². The Bertz CT molecular complexity index is 453. The highest BCUT2D eigenvalue weighted by Crippen LogP contribution is 2.31. The van der Waals surface area contributed by atoms with Gasteiger partial charge < -0.3 is 4.98 Å². The molecule has 17 heavy (non-hydrogen) atoms. The third-order valence-corrected chi connectivity index (χ3v) is 3.22. The number of nitrogens with one attached hydrogen (secondary N) is 1. The van der Waals surface area contributed by atoms with Crippen LogP contribution in [0.1, 0.15) is 30.3 Å². The second-order valence-corrected chi connectivity index (χ2v) is 4.34. The standard InChI is InChI=1S/C12H15N5/c1-2-12(11-7-13-3-4-15-11)17(5-1)8-10-6-14-9-16-10/h3-4,6-7,9,12H,1-2,5,8H2,(H,14,16)/t12-/m1/s1. The molecule has 0 spiro atoms. The normalized spacial score (nSPS) is 20.8. The van der Waals surface area contributed by atoms with E-state index in [1.54, 1.807) is 18.7 Å². The number of likely N-dealkylation sites (tertiary alicyclic amines) is 1. The maximum Gasteiger partial charge on any atom is 0.0922 e. The van der Waals surface area contributed by atoms with Crippen LogP contribution in [0.15, 0.2) is 31.1 Å². The van der Waals surface area contributed by atoms with Gasteiger partial charge in [0.05, 0.1) is 18.1 Å². The zero-order valence-electron chi connectivity index (χ0n) is 9.58. The largest absolute Gasteiger partial charge is 0.347 e. The molecule has 0 unspecified atom stereocenters. The first kappa shape index (κ1) is 10.4. The molecule has 2 aromatic rings. The summed E-state index contributed by atoms with van der Waals surface area (Å²) in [5, 5.41) is 0. The van der Waals surface area contributed by atoms with Crippen LogP contribution in [-0.2, 0) is 6.54 Å². The summed E-state index contributed by atoms with van der Waals surface area (Å²) in [5.74, 6) is 0. The fourth-order valence-electron chi connectivity index (χ4n) is 2.42. The summed E-state index contributed by atoms with van der Waals surface area (Å²) in [4.78, 5) is 18.2. The van der Waals surface area contributed by atoms with Gasteiger partial charge in [0.1, 0.15) is 0 Å². The monoisotopic (exact) mass is 229 g/mol. The summed E-state index contributed by atoms with van der Waals surface area (Å²) in [6.07, 6.45) is 11.3. The summed E-state index contributed by atoms with van der Waals surface area (Å²) >= 11 is 0. The lowest BCUT2D eigenvalue weighted by molar-refractivity contribution is 0.241. The smallest absolute Gasteiger partial charge is 0.0922 e. The minimum atomic E-state index is 0.395. The van der Waals surface area contributed by atoms with E-state index >= 15 is 0 Å². The third-order valence-electron chi connectivity index (χ3n) is 3.22. The molecule has 5 heteroatoms. The van der Waals surface area contributed by atoms with E-state index in [-0.39, 0.29) is 0 Å². The maximum atomic E-state index is 4.41. The van der Waals surface area contributed by atoms with Crippen LogP contribution in [0.25, 0.3) is 0 Å². The Morgan fingerprint density at radius 2 is 2.29 bits per heavy atom. The van der Waals surface area contributed by atoms with Crippen molar-refractivity contribution in [3.8, 4) is 0 Å². The minimum absolute atomic E-state index is 0.395. The highest BCUT2D eigenvalue weighted by Gasteiger charge is 2.27. The molecule has 0 aliphatic carbocycles. The number of hydrogen-bond acceptors (Lipinski definition) is 4. The molecule has 0 saturated carbocycles. The van der Waals surface area contributed by atoms with Gasteiger partial charge in [0.15, 0.2) is 0 Å². The molecule has 1 aliphatic heterocycles. The molecule has 1 aliphatic rings. The fourth-order valence-corrected chi connectivity index (χ4v) is 2.42. The molecule has 3 heterocycles. The first-order valence-corrected chi connectivity index (χ1v) is 5.91. The second kappa shape index (κ2) is 4.63. The molecule has 1 saturated heterocycles. The maximum absolute atomic E-state index is 4.41. The van der Waals surface area contributed by atoms with Crippen molar-refractivity contribution in [3.05, 3.63) is 42.5 Å². The molecular formula is C12H15N5. The van der Waals surface area contributed by atoms with Gasteiger partial charge in [0, 0.05) is 37.0 Å². The van der Waals surface area contributed by atoms with E-state index < -0.39 is 0 Å². The van der Waals surface area contributed by atoms with Gasteiger partial charge in [-0.25, -0.2) is 4.98 Å². The van der Waals surface area contributed by atoms with E-state index in [0.717, 1.165) is 30.9 Å². The first-order chi connectivity index (χ1) is 8.43. The summed E-state index contributed by atoms with van der Waals surface area (Å²) in [7, 11) is 0. The number of aromatic amines is 1. The molecule has 0 aromatic carbocycles. The van der Waals surface area contributed by atoms with Crippen molar-refractivity contribution in [2.24, 2.45) is 0 Å². The Hall–Kier alpha value is -1.75. The van der Waals surface area contributed by atoms with Crippen LogP contribution < -0.4 is 0 Å². The zero-order valence-corrected chi connectivity index (χ0v) is 9.58. The highest BCUT2D eigenvalue weighted by atomic mass is 15.2. The summed E-state index contributed by atoms with van der Waals surface area (Å²) in [6, 6.07) is 0.395. The number of aromatic nitrogens is 4. The van der Waals surface area contributed by atoms with Crippen LogP contribution in [0.4, 0.5) is 0 Å². The van der Waals surface area contributed by atoms with Gasteiger partial charge in [0.25, 0.3) is 0 Å². The SMILES string of the molecule is c1cnc([C@H]2CCCN2Cc2cnc[nH]2)cn1. The van der Waals surface area contributed by atoms with E-state index in [4.69, 9.17) is 0 Å². The van der Waals surface area contributed by atoms with Crippen LogP contribution in [0.2, 0.25) is 0 Å². The molecule has 2 aromatic heterocycles. The Balaban J connectivity index is 1.76. The summed E-state index contributed by atoms with van der Waals surface area (Å²) in [5.41, 5.74) is 2.23. The predicted octanol–water partition coefficient (Wildman–Crippen LogP) is 1.54. The van der Waals surface area contributed by atoms with Gasteiger partial charge in [-0.2, -0.15) is 0 Å².